The molecule has 2 aromatic rings. The minimum Gasteiger partial charge on any atom is -0.483 e. The van der Waals surface area contributed by atoms with Crippen LogP contribution in [0.3, 0.4) is 0 Å². The number of amides is 1. The molecule has 3 aliphatic rings. The van der Waals surface area contributed by atoms with E-state index in [4.69, 9.17) is 19.9 Å². The zero-order valence-electron chi connectivity index (χ0n) is 17.8. The van der Waals surface area contributed by atoms with Crippen molar-refractivity contribution in [1.29, 1.82) is 0 Å². The second-order valence-electron chi connectivity index (χ2n) is 8.95. The number of primary amides is 1. The fourth-order valence-electron chi connectivity index (χ4n) is 5.75. The Morgan fingerprint density at radius 1 is 1.23 bits per heavy atom. The van der Waals surface area contributed by atoms with E-state index in [0.29, 0.717) is 17.5 Å². The van der Waals surface area contributed by atoms with Crippen molar-refractivity contribution in [2.24, 2.45) is 29.4 Å². The molecule has 7 nitrogen and oxygen atoms in total. The lowest BCUT2D eigenvalue weighted by Gasteiger charge is -2.22. The Bertz CT molecular complexity index is 966. The fourth-order valence-corrected chi connectivity index (χ4v) is 5.75. The molecule has 0 spiro atoms. The lowest BCUT2D eigenvalue weighted by atomic mass is 9.91. The van der Waals surface area contributed by atoms with Crippen molar-refractivity contribution in [3.8, 4) is 22.8 Å². The Morgan fingerprint density at radius 2 is 2.13 bits per heavy atom. The molecule has 31 heavy (non-hydrogen) atoms. The number of carbonyl (C=O) groups excluding carboxylic acids is 1. The van der Waals surface area contributed by atoms with Crippen LogP contribution in [0, 0.1) is 23.7 Å². The van der Waals surface area contributed by atoms with Crippen molar-refractivity contribution < 1.29 is 19.0 Å². The van der Waals surface area contributed by atoms with Crippen LogP contribution in [-0.4, -0.2) is 55.8 Å². The van der Waals surface area contributed by atoms with E-state index in [0.717, 1.165) is 67.3 Å². The Kier molecular flexibility index (Phi) is 5.54. The average Bonchev–Trinajstić information content (AvgIpc) is 3.45. The highest BCUT2D eigenvalue weighted by Gasteiger charge is 2.49. The van der Waals surface area contributed by atoms with Gasteiger partial charge in [0.15, 0.2) is 6.61 Å². The summed E-state index contributed by atoms with van der Waals surface area (Å²) in [5.74, 6) is 3.76. The Morgan fingerprint density at radius 3 is 2.97 bits per heavy atom. The zero-order valence-corrected chi connectivity index (χ0v) is 17.8. The molecule has 2 N–H and O–H groups in total. The van der Waals surface area contributed by atoms with Crippen molar-refractivity contribution >= 4 is 5.91 Å². The van der Waals surface area contributed by atoms with Gasteiger partial charge < -0.3 is 19.9 Å². The van der Waals surface area contributed by atoms with Crippen molar-refractivity contribution in [3.63, 3.8) is 0 Å². The number of ether oxygens (including phenoxy) is 3. The van der Waals surface area contributed by atoms with E-state index >= 15 is 0 Å². The molecular weight excluding hydrogens is 394 g/mol. The second-order valence-corrected chi connectivity index (χ2v) is 8.95. The normalized spacial score (nSPS) is 27.1. The molecule has 1 aliphatic carbocycles. The van der Waals surface area contributed by atoms with Gasteiger partial charge in [-0.05, 0) is 59.9 Å². The minimum atomic E-state index is -0.480. The number of carbonyl (C=O) groups is 1. The third-order valence-corrected chi connectivity index (χ3v) is 7.07. The number of hydrogen-bond donors (Lipinski definition) is 1. The van der Waals surface area contributed by atoms with E-state index < -0.39 is 5.91 Å². The van der Waals surface area contributed by atoms with Gasteiger partial charge in [0.25, 0.3) is 5.91 Å². The van der Waals surface area contributed by atoms with E-state index in [2.05, 4.69) is 16.0 Å². The summed E-state index contributed by atoms with van der Waals surface area (Å²) in [7, 11) is 1.63. The molecule has 1 saturated carbocycles. The smallest absolute Gasteiger partial charge is 0.255 e. The molecule has 2 saturated heterocycles. The number of pyridine rings is 1. The average molecular weight is 424 g/mol. The van der Waals surface area contributed by atoms with Gasteiger partial charge in [0, 0.05) is 43.6 Å². The number of nitrogens with zero attached hydrogens (tertiary/aromatic N) is 2. The monoisotopic (exact) mass is 423 g/mol. The molecule has 1 aromatic carbocycles. The molecule has 3 heterocycles. The molecule has 4 atom stereocenters. The van der Waals surface area contributed by atoms with Crippen LogP contribution in [0.1, 0.15) is 12.0 Å². The van der Waals surface area contributed by atoms with E-state index in [1.807, 2.05) is 24.3 Å². The highest BCUT2D eigenvalue weighted by atomic mass is 16.5. The van der Waals surface area contributed by atoms with Gasteiger partial charge >= 0.3 is 0 Å². The standard InChI is InChI=1S/C24H29N3O4/c1-29-24-19(3-2-6-26-24)15-4-5-22(31-14-23(25)28)17(7-15)10-27-9-16-8-18-12-30-13-21(18)20(16)11-27/h2-7,16,18,20-21H,8-14H2,1H3,(H2,25,28)/t16-,18+,20+,21-/m0/s1. The lowest BCUT2D eigenvalue weighted by Crippen LogP contribution is -2.25. The number of hydrogen-bond acceptors (Lipinski definition) is 6. The van der Waals surface area contributed by atoms with Crippen molar-refractivity contribution in [2.45, 2.75) is 13.0 Å². The van der Waals surface area contributed by atoms with Gasteiger partial charge in [0.05, 0.1) is 13.7 Å². The minimum absolute atomic E-state index is 0.130. The summed E-state index contributed by atoms with van der Waals surface area (Å²) in [5.41, 5.74) is 8.30. The zero-order chi connectivity index (χ0) is 21.4. The summed E-state index contributed by atoms with van der Waals surface area (Å²) in [5, 5.41) is 0. The predicted molar refractivity (Wildman–Crippen MR) is 116 cm³/mol. The number of benzene rings is 1. The molecular formula is C24H29N3O4. The van der Waals surface area contributed by atoms with Crippen LogP contribution in [-0.2, 0) is 16.1 Å². The van der Waals surface area contributed by atoms with Crippen LogP contribution in [0.5, 0.6) is 11.6 Å². The van der Waals surface area contributed by atoms with Crippen molar-refractivity contribution in [3.05, 3.63) is 42.1 Å². The molecule has 7 heteroatoms. The SMILES string of the molecule is COc1ncccc1-c1ccc(OCC(N)=O)c(CN2C[C@@H]3C[C@@H]4COC[C@@H]4[C@@H]3C2)c1. The molecule has 0 unspecified atom stereocenters. The first-order valence-electron chi connectivity index (χ1n) is 11.0. The van der Waals surface area contributed by atoms with Crippen LogP contribution in [0.15, 0.2) is 36.5 Å². The summed E-state index contributed by atoms with van der Waals surface area (Å²) in [4.78, 5) is 18.1. The molecule has 0 bridgehead atoms. The van der Waals surface area contributed by atoms with E-state index in [-0.39, 0.29) is 6.61 Å². The first kappa shape index (κ1) is 20.3. The number of rotatable bonds is 7. The van der Waals surface area contributed by atoms with Crippen molar-refractivity contribution in [1.82, 2.24) is 9.88 Å². The Labute approximate surface area is 182 Å². The second kappa shape index (κ2) is 8.48. The summed E-state index contributed by atoms with van der Waals surface area (Å²) in [6, 6.07) is 9.90. The third-order valence-electron chi connectivity index (χ3n) is 7.07. The lowest BCUT2D eigenvalue weighted by molar-refractivity contribution is -0.119. The van der Waals surface area contributed by atoms with Gasteiger partial charge in [-0.2, -0.15) is 0 Å². The maximum absolute atomic E-state index is 11.3. The summed E-state index contributed by atoms with van der Waals surface area (Å²) in [6.45, 7) is 4.70. The summed E-state index contributed by atoms with van der Waals surface area (Å²) < 4.78 is 16.9. The van der Waals surface area contributed by atoms with E-state index in [1.54, 1.807) is 13.3 Å². The Hall–Kier alpha value is -2.64. The third kappa shape index (κ3) is 4.00. The largest absolute Gasteiger partial charge is 0.483 e. The number of nitrogens with two attached hydrogens (primary N) is 1. The van der Waals surface area contributed by atoms with E-state index in [1.165, 1.54) is 6.42 Å². The van der Waals surface area contributed by atoms with Crippen LogP contribution >= 0.6 is 0 Å². The predicted octanol–water partition coefficient (Wildman–Crippen LogP) is 2.34. The topological polar surface area (TPSA) is 86.9 Å². The van der Waals surface area contributed by atoms with Gasteiger partial charge in [0.1, 0.15) is 5.75 Å². The molecule has 5 rings (SSSR count). The van der Waals surface area contributed by atoms with Gasteiger partial charge in [0.2, 0.25) is 5.88 Å². The molecule has 1 amide bonds. The van der Waals surface area contributed by atoms with Gasteiger partial charge in [-0.25, -0.2) is 4.98 Å². The van der Waals surface area contributed by atoms with Crippen LogP contribution in [0.4, 0.5) is 0 Å². The van der Waals surface area contributed by atoms with Crippen LogP contribution in [0.25, 0.3) is 11.1 Å². The van der Waals surface area contributed by atoms with Crippen molar-refractivity contribution in [2.75, 3.05) is 40.0 Å². The van der Waals surface area contributed by atoms with Crippen LogP contribution in [0.2, 0.25) is 0 Å². The molecule has 164 valence electrons. The summed E-state index contributed by atoms with van der Waals surface area (Å²) in [6.07, 6.45) is 3.00. The van der Waals surface area contributed by atoms with E-state index in [9.17, 15) is 4.79 Å². The molecule has 0 radical (unpaired) electrons. The van der Waals surface area contributed by atoms with Gasteiger partial charge in [-0.3, -0.25) is 9.69 Å². The maximum atomic E-state index is 11.3. The fraction of sp³-hybridized carbons (Fsp3) is 0.500. The summed E-state index contributed by atoms with van der Waals surface area (Å²) >= 11 is 0. The Balaban J connectivity index is 1.39. The van der Waals surface area contributed by atoms with Crippen LogP contribution < -0.4 is 15.2 Å². The first-order valence-corrected chi connectivity index (χ1v) is 11.0. The highest BCUT2D eigenvalue weighted by Crippen LogP contribution is 2.49. The molecule has 2 aliphatic heterocycles. The number of likely N-dealkylation sites (tertiary alicyclic amines) is 1. The number of methoxy groups -OCH3 is 1. The first-order chi connectivity index (χ1) is 15.1. The van der Waals surface area contributed by atoms with Gasteiger partial charge in [-0.1, -0.05) is 6.07 Å². The highest BCUT2D eigenvalue weighted by molar-refractivity contribution is 5.75. The maximum Gasteiger partial charge on any atom is 0.255 e. The molecule has 3 fully saturated rings. The number of aromatic nitrogens is 1. The number of fused-ring (bicyclic) bond motifs is 3. The quantitative estimate of drug-likeness (QED) is 0.736. The van der Waals surface area contributed by atoms with Gasteiger partial charge in [-0.15, -0.1) is 0 Å². The molecule has 1 aromatic heterocycles.